The van der Waals surface area contributed by atoms with Gasteiger partial charge in [0.2, 0.25) is 5.89 Å². The normalized spacial score (nSPS) is 12.7. The third-order valence-corrected chi connectivity index (χ3v) is 2.68. The van der Waals surface area contributed by atoms with Crippen LogP contribution in [0.25, 0.3) is 11.5 Å². The molecular weight excluding hydrogens is 270 g/mol. The Kier molecular flexibility index (Phi) is 3.41. The second kappa shape index (κ2) is 4.80. The van der Waals surface area contributed by atoms with Gasteiger partial charge in [-0.25, -0.2) is 4.98 Å². The predicted molar refractivity (Wildman–Crippen MR) is 65.0 cm³/mol. The zero-order valence-corrected chi connectivity index (χ0v) is 10.4. The molecule has 0 bridgehead atoms. The molecule has 4 heteroatoms. The maximum Gasteiger partial charge on any atom is 0.226 e. The smallest absolute Gasteiger partial charge is 0.226 e. The van der Waals surface area contributed by atoms with Gasteiger partial charge in [-0.1, -0.05) is 15.9 Å². The van der Waals surface area contributed by atoms with Crippen molar-refractivity contribution in [2.75, 3.05) is 0 Å². The molecule has 1 aromatic heterocycles. The highest BCUT2D eigenvalue weighted by molar-refractivity contribution is 9.10. The fraction of sp³-hybridized carbons (Fsp3) is 0.250. The Morgan fingerprint density at radius 2 is 2.06 bits per heavy atom. The minimum absolute atomic E-state index is 0.400. The molecule has 2 rings (SSSR count). The van der Waals surface area contributed by atoms with Crippen molar-refractivity contribution in [3.63, 3.8) is 0 Å². The number of oxazole rings is 1. The number of aromatic nitrogens is 1. The van der Waals surface area contributed by atoms with Crippen LogP contribution in [0.2, 0.25) is 0 Å². The van der Waals surface area contributed by atoms with E-state index in [9.17, 15) is 5.11 Å². The maximum absolute atomic E-state index is 9.23. The van der Waals surface area contributed by atoms with E-state index < -0.39 is 6.10 Å². The summed E-state index contributed by atoms with van der Waals surface area (Å²) in [7, 11) is 0. The van der Waals surface area contributed by atoms with E-state index in [-0.39, 0.29) is 0 Å². The summed E-state index contributed by atoms with van der Waals surface area (Å²) < 4.78 is 6.37. The summed E-state index contributed by atoms with van der Waals surface area (Å²) in [5, 5.41) is 9.23. The van der Waals surface area contributed by atoms with Crippen LogP contribution in [0.15, 0.2) is 39.4 Å². The topological polar surface area (TPSA) is 46.3 Å². The highest BCUT2D eigenvalue weighted by Gasteiger charge is 2.08. The molecule has 1 atom stereocenters. The first-order valence-corrected chi connectivity index (χ1v) is 5.83. The Morgan fingerprint density at radius 1 is 1.38 bits per heavy atom. The lowest BCUT2D eigenvalue weighted by Gasteiger charge is -1.97. The number of aliphatic hydroxyl groups excluding tert-OH is 1. The molecule has 0 amide bonds. The Bertz CT molecular complexity index is 462. The van der Waals surface area contributed by atoms with Gasteiger partial charge < -0.3 is 9.52 Å². The molecule has 1 heterocycles. The van der Waals surface area contributed by atoms with Gasteiger partial charge in [0.05, 0.1) is 11.8 Å². The van der Waals surface area contributed by atoms with Crippen LogP contribution >= 0.6 is 15.9 Å². The number of benzene rings is 1. The first-order chi connectivity index (χ1) is 7.65. The fourth-order valence-electron chi connectivity index (χ4n) is 1.43. The lowest BCUT2D eigenvalue weighted by atomic mass is 10.2. The predicted octanol–water partition coefficient (Wildman–Crippen LogP) is 3.03. The lowest BCUT2D eigenvalue weighted by Crippen LogP contribution is -2.04. The van der Waals surface area contributed by atoms with E-state index in [0.717, 1.165) is 15.7 Å². The van der Waals surface area contributed by atoms with Crippen LogP contribution in [0.4, 0.5) is 0 Å². The van der Waals surface area contributed by atoms with Crippen LogP contribution in [0.1, 0.15) is 12.6 Å². The van der Waals surface area contributed by atoms with Crippen molar-refractivity contribution in [2.24, 2.45) is 0 Å². The summed E-state index contributed by atoms with van der Waals surface area (Å²) in [6.45, 7) is 1.73. The van der Waals surface area contributed by atoms with E-state index in [1.165, 1.54) is 0 Å². The number of aliphatic hydroxyl groups is 1. The SMILES string of the molecule is CC(O)Cc1coc(-c2ccc(Br)cc2)n1. The second-order valence-electron chi connectivity index (χ2n) is 3.70. The molecule has 3 nitrogen and oxygen atoms in total. The first-order valence-electron chi connectivity index (χ1n) is 5.03. The lowest BCUT2D eigenvalue weighted by molar-refractivity contribution is 0.194. The summed E-state index contributed by atoms with van der Waals surface area (Å²) in [5.41, 5.74) is 1.70. The van der Waals surface area contributed by atoms with Gasteiger partial charge in [-0.15, -0.1) is 0 Å². The highest BCUT2D eigenvalue weighted by Crippen LogP contribution is 2.21. The van der Waals surface area contributed by atoms with Gasteiger partial charge in [0.25, 0.3) is 0 Å². The number of rotatable bonds is 3. The molecule has 1 N–H and O–H groups in total. The molecular formula is C12H12BrNO2. The van der Waals surface area contributed by atoms with E-state index in [4.69, 9.17) is 4.42 Å². The van der Waals surface area contributed by atoms with Crippen molar-refractivity contribution in [2.45, 2.75) is 19.4 Å². The van der Waals surface area contributed by atoms with Crippen LogP contribution in [0.5, 0.6) is 0 Å². The highest BCUT2D eigenvalue weighted by atomic mass is 79.9. The fourth-order valence-corrected chi connectivity index (χ4v) is 1.69. The summed E-state index contributed by atoms with van der Waals surface area (Å²) in [4.78, 5) is 4.31. The van der Waals surface area contributed by atoms with E-state index in [2.05, 4.69) is 20.9 Å². The molecule has 0 radical (unpaired) electrons. The Labute approximate surface area is 102 Å². The molecule has 1 unspecified atom stereocenters. The second-order valence-corrected chi connectivity index (χ2v) is 4.62. The molecule has 16 heavy (non-hydrogen) atoms. The monoisotopic (exact) mass is 281 g/mol. The molecule has 0 aliphatic heterocycles. The average Bonchev–Trinajstić information content (AvgIpc) is 2.66. The van der Waals surface area contributed by atoms with Crippen molar-refractivity contribution >= 4 is 15.9 Å². The van der Waals surface area contributed by atoms with Gasteiger partial charge in [-0.2, -0.15) is 0 Å². The minimum Gasteiger partial charge on any atom is -0.444 e. The van der Waals surface area contributed by atoms with Gasteiger partial charge in [0, 0.05) is 16.5 Å². The minimum atomic E-state index is -0.400. The Morgan fingerprint density at radius 3 is 2.69 bits per heavy atom. The first kappa shape index (κ1) is 11.4. The standard InChI is InChI=1S/C12H12BrNO2/c1-8(15)6-11-7-16-12(14-11)9-2-4-10(13)5-3-9/h2-5,7-8,15H,6H2,1H3. The molecule has 0 saturated carbocycles. The van der Waals surface area contributed by atoms with Crippen molar-refractivity contribution in [3.8, 4) is 11.5 Å². The van der Waals surface area contributed by atoms with Gasteiger partial charge in [0.15, 0.2) is 0 Å². The number of halogens is 1. The van der Waals surface area contributed by atoms with Crippen LogP contribution in [-0.2, 0) is 6.42 Å². The number of hydrogen-bond acceptors (Lipinski definition) is 3. The average molecular weight is 282 g/mol. The molecule has 1 aromatic carbocycles. The summed E-state index contributed by atoms with van der Waals surface area (Å²) in [6.07, 6.45) is 1.70. The molecule has 0 spiro atoms. The van der Waals surface area contributed by atoms with Crippen LogP contribution in [-0.4, -0.2) is 16.2 Å². The van der Waals surface area contributed by atoms with Crippen molar-refractivity contribution in [3.05, 3.63) is 40.7 Å². The molecule has 2 aromatic rings. The summed E-state index contributed by atoms with van der Waals surface area (Å²) >= 11 is 3.37. The van der Waals surface area contributed by atoms with Gasteiger partial charge in [0.1, 0.15) is 6.26 Å². The quantitative estimate of drug-likeness (QED) is 0.941. The van der Waals surface area contributed by atoms with Crippen LogP contribution in [0, 0.1) is 0 Å². The molecule has 0 saturated heterocycles. The number of nitrogens with zero attached hydrogens (tertiary/aromatic N) is 1. The van der Waals surface area contributed by atoms with Crippen LogP contribution in [0.3, 0.4) is 0 Å². The van der Waals surface area contributed by atoms with Gasteiger partial charge in [-0.05, 0) is 31.2 Å². The summed E-state index contributed by atoms with van der Waals surface area (Å²) in [6, 6.07) is 7.74. The van der Waals surface area contributed by atoms with E-state index in [1.807, 2.05) is 24.3 Å². The molecule has 0 aliphatic carbocycles. The summed E-state index contributed by atoms with van der Waals surface area (Å²) in [5.74, 6) is 0.586. The molecule has 0 fully saturated rings. The maximum atomic E-state index is 9.23. The molecule has 84 valence electrons. The van der Waals surface area contributed by atoms with E-state index in [1.54, 1.807) is 13.2 Å². The third-order valence-electron chi connectivity index (χ3n) is 2.15. The van der Waals surface area contributed by atoms with Crippen molar-refractivity contribution in [1.29, 1.82) is 0 Å². The largest absolute Gasteiger partial charge is 0.444 e. The zero-order chi connectivity index (χ0) is 11.5. The van der Waals surface area contributed by atoms with Gasteiger partial charge >= 0.3 is 0 Å². The van der Waals surface area contributed by atoms with Crippen LogP contribution < -0.4 is 0 Å². The van der Waals surface area contributed by atoms with Crippen molar-refractivity contribution < 1.29 is 9.52 Å². The zero-order valence-electron chi connectivity index (χ0n) is 8.85. The number of hydrogen-bond donors (Lipinski definition) is 1. The van der Waals surface area contributed by atoms with E-state index in [0.29, 0.717) is 12.3 Å². The van der Waals surface area contributed by atoms with Gasteiger partial charge in [-0.3, -0.25) is 0 Å². The van der Waals surface area contributed by atoms with E-state index >= 15 is 0 Å². The van der Waals surface area contributed by atoms with Crippen molar-refractivity contribution in [1.82, 2.24) is 4.98 Å². The third kappa shape index (κ3) is 2.71. The Balaban J connectivity index is 2.21. The molecule has 0 aliphatic rings. The Hall–Kier alpha value is -1.13.